The van der Waals surface area contributed by atoms with E-state index in [1.165, 1.54) is 0 Å². The lowest BCUT2D eigenvalue weighted by Crippen LogP contribution is -2.39. The largest absolute Gasteiger partial charge is 0.489 e. The van der Waals surface area contributed by atoms with Crippen LogP contribution >= 0.6 is 11.3 Å². The Bertz CT molecular complexity index is 899. The van der Waals surface area contributed by atoms with Crippen LogP contribution in [0.5, 0.6) is 11.6 Å². The Kier molecular flexibility index (Phi) is 5.40. The number of ether oxygens (including phenoxy) is 2. The highest BCUT2D eigenvalue weighted by atomic mass is 32.1. The number of pyridine rings is 1. The fourth-order valence-corrected chi connectivity index (χ4v) is 4.17. The lowest BCUT2D eigenvalue weighted by molar-refractivity contribution is 0.0725. The molecule has 0 bridgehead atoms. The summed E-state index contributed by atoms with van der Waals surface area (Å²) in [7, 11) is 0. The molecule has 7 heteroatoms. The molecule has 1 saturated heterocycles. The minimum absolute atomic E-state index is 0.157. The van der Waals surface area contributed by atoms with Gasteiger partial charge < -0.3 is 14.0 Å². The topological polar surface area (TPSA) is 60.6 Å². The van der Waals surface area contributed by atoms with Gasteiger partial charge in [0.05, 0.1) is 16.3 Å². The summed E-state index contributed by atoms with van der Waals surface area (Å²) in [5, 5.41) is 6.02. The van der Waals surface area contributed by atoms with Crippen LogP contribution in [0.25, 0.3) is 10.2 Å². The number of fused-ring (bicyclic) bond motifs is 1. The van der Waals surface area contributed by atoms with Crippen LogP contribution < -0.4 is 9.47 Å². The Morgan fingerprint density at radius 3 is 3.07 bits per heavy atom. The minimum atomic E-state index is 0.157. The zero-order chi connectivity index (χ0) is 18.6. The Morgan fingerprint density at radius 1 is 1.41 bits per heavy atom. The third-order valence-corrected chi connectivity index (χ3v) is 5.81. The van der Waals surface area contributed by atoms with E-state index in [1.54, 1.807) is 17.4 Å². The molecule has 0 amide bonds. The van der Waals surface area contributed by atoms with E-state index in [-0.39, 0.29) is 12.1 Å². The van der Waals surface area contributed by atoms with Gasteiger partial charge in [-0.1, -0.05) is 12.7 Å². The second-order valence-electron chi connectivity index (χ2n) is 6.64. The SMILES string of the molecule is C=CCOc1cc(C(C)N2CCC(Oc3ccnc4ccsc34)CC2)on1. The summed E-state index contributed by atoms with van der Waals surface area (Å²) in [5.41, 5.74) is 1.00. The van der Waals surface area contributed by atoms with Crippen LogP contribution in [0.3, 0.4) is 0 Å². The van der Waals surface area contributed by atoms with Gasteiger partial charge in [0, 0.05) is 25.4 Å². The molecule has 4 heterocycles. The zero-order valence-electron chi connectivity index (χ0n) is 15.3. The average molecular weight is 385 g/mol. The molecule has 1 unspecified atom stereocenters. The zero-order valence-corrected chi connectivity index (χ0v) is 16.2. The van der Waals surface area contributed by atoms with Gasteiger partial charge in [-0.15, -0.1) is 11.3 Å². The molecule has 27 heavy (non-hydrogen) atoms. The molecule has 0 aliphatic carbocycles. The summed E-state index contributed by atoms with van der Waals surface area (Å²) in [5.74, 6) is 2.27. The summed E-state index contributed by atoms with van der Waals surface area (Å²) in [6.45, 7) is 8.10. The molecule has 1 aliphatic heterocycles. The number of rotatable bonds is 7. The van der Waals surface area contributed by atoms with E-state index in [4.69, 9.17) is 14.0 Å². The molecule has 6 nitrogen and oxygen atoms in total. The van der Waals surface area contributed by atoms with Gasteiger partial charge in [-0.25, -0.2) is 0 Å². The molecule has 0 aromatic carbocycles. The number of thiophene rings is 1. The monoisotopic (exact) mass is 385 g/mol. The Hall–Kier alpha value is -2.38. The molecule has 3 aromatic heterocycles. The predicted molar refractivity (Wildman–Crippen MR) is 105 cm³/mol. The van der Waals surface area contributed by atoms with Crippen molar-refractivity contribution in [3.8, 4) is 11.6 Å². The van der Waals surface area contributed by atoms with E-state index in [2.05, 4.69) is 33.9 Å². The van der Waals surface area contributed by atoms with Crippen LogP contribution in [0.1, 0.15) is 31.6 Å². The molecular weight excluding hydrogens is 362 g/mol. The molecular formula is C20H23N3O3S. The second-order valence-corrected chi connectivity index (χ2v) is 7.56. The highest BCUT2D eigenvalue weighted by Gasteiger charge is 2.27. The van der Waals surface area contributed by atoms with Crippen molar-refractivity contribution in [2.75, 3.05) is 19.7 Å². The minimum Gasteiger partial charge on any atom is -0.489 e. The number of nitrogens with zero attached hydrogens (tertiary/aromatic N) is 3. The van der Waals surface area contributed by atoms with Crippen molar-refractivity contribution < 1.29 is 14.0 Å². The molecule has 0 radical (unpaired) electrons. The molecule has 1 atom stereocenters. The van der Waals surface area contributed by atoms with E-state index in [0.717, 1.165) is 47.7 Å². The van der Waals surface area contributed by atoms with Gasteiger partial charge in [0.2, 0.25) is 0 Å². The quantitative estimate of drug-likeness (QED) is 0.560. The lowest BCUT2D eigenvalue weighted by Gasteiger charge is -2.35. The normalized spacial score (nSPS) is 17.1. The molecule has 0 saturated carbocycles. The van der Waals surface area contributed by atoms with Crippen LogP contribution in [-0.4, -0.2) is 40.8 Å². The van der Waals surface area contributed by atoms with Gasteiger partial charge in [0.15, 0.2) is 5.76 Å². The molecule has 0 N–H and O–H groups in total. The molecule has 1 aliphatic rings. The molecule has 142 valence electrons. The lowest BCUT2D eigenvalue weighted by atomic mass is 10.0. The van der Waals surface area contributed by atoms with Crippen molar-refractivity contribution in [1.82, 2.24) is 15.0 Å². The summed E-state index contributed by atoms with van der Waals surface area (Å²) in [6, 6.07) is 6.01. The first kappa shape index (κ1) is 18.0. The van der Waals surface area contributed by atoms with Crippen molar-refractivity contribution in [2.24, 2.45) is 0 Å². The number of aromatic nitrogens is 2. The number of piperidine rings is 1. The summed E-state index contributed by atoms with van der Waals surface area (Å²) in [4.78, 5) is 6.77. The van der Waals surface area contributed by atoms with Crippen LogP contribution in [0.2, 0.25) is 0 Å². The molecule has 0 spiro atoms. The molecule has 3 aromatic rings. The second kappa shape index (κ2) is 8.10. The standard InChI is InChI=1S/C20H23N3O3S/c1-3-11-24-19-13-18(26-22-19)14(2)23-9-5-15(6-10-23)25-17-4-8-21-16-7-12-27-20(16)17/h3-4,7-8,12-15H,1,5-6,9-11H2,2H3. The highest BCUT2D eigenvalue weighted by molar-refractivity contribution is 7.17. The Morgan fingerprint density at radius 2 is 2.26 bits per heavy atom. The summed E-state index contributed by atoms with van der Waals surface area (Å²) in [6.07, 6.45) is 5.69. The maximum atomic E-state index is 6.29. The van der Waals surface area contributed by atoms with Crippen molar-refractivity contribution in [3.63, 3.8) is 0 Å². The summed E-state index contributed by atoms with van der Waals surface area (Å²) >= 11 is 1.68. The maximum Gasteiger partial charge on any atom is 0.254 e. The van der Waals surface area contributed by atoms with Crippen LogP contribution in [0.4, 0.5) is 0 Å². The molecule has 1 fully saturated rings. The van der Waals surface area contributed by atoms with Gasteiger partial charge in [0.25, 0.3) is 5.88 Å². The smallest absolute Gasteiger partial charge is 0.254 e. The average Bonchev–Trinajstić information content (AvgIpc) is 3.36. The van der Waals surface area contributed by atoms with E-state index < -0.39 is 0 Å². The Labute approximate surface area is 162 Å². The first-order valence-corrected chi connectivity index (χ1v) is 10.1. The van der Waals surface area contributed by atoms with E-state index in [0.29, 0.717) is 12.5 Å². The fourth-order valence-electron chi connectivity index (χ4n) is 3.36. The first-order chi connectivity index (χ1) is 13.2. The fraction of sp³-hybridized carbons (Fsp3) is 0.400. The van der Waals surface area contributed by atoms with Crippen LogP contribution in [0.15, 0.2) is 47.0 Å². The van der Waals surface area contributed by atoms with Gasteiger partial charge in [-0.2, -0.15) is 0 Å². The summed E-state index contributed by atoms with van der Waals surface area (Å²) < 4.78 is 18.3. The maximum absolute atomic E-state index is 6.29. The van der Waals surface area contributed by atoms with Crippen molar-refractivity contribution >= 4 is 21.6 Å². The van der Waals surface area contributed by atoms with Gasteiger partial charge in [-0.3, -0.25) is 9.88 Å². The van der Waals surface area contributed by atoms with Crippen LogP contribution in [0, 0.1) is 0 Å². The van der Waals surface area contributed by atoms with Gasteiger partial charge in [0.1, 0.15) is 18.5 Å². The van der Waals surface area contributed by atoms with Crippen molar-refractivity contribution in [1.29, 1.82) is 0 Å². The van der Waals surface area contributed by atoms with Gasteiger partial charge in [-0.05, 0) is 42.4 Å². The van der Waals surface area contributed by atoms with Crippen molar-refractivity contribution in [3.05, 3.63) is 48.2 Å². The van der Waals surface area contributed by atoms with E-state index in [9.17, 15) is 0 Å². The molecule has 4 rings (SSSR count). The van der Waals surface area contributed by atoms with E-state index in [1.807, 2.05) is 24.4 Å². The highest BCUT2D eigenvalue weighted by Crippen LogP contribution is 2.32. The number of hydrogen-bond acceptors (Lipinski definition) is 7. The first-order valence-electron chi connectivity index (χ1n) is 9.18. The predicted octanol–water partition coefficient (Wildman–Crippen LogP) is 4.45. The van der Waals surface area contributed by atoms with Crippen LogP contribution in [-0.2, 0) is 0 Å². The van der Waals surface area contributed by atoms with Crippen molar-refractivity contribution in [2.45, 2.75) is 31.9 Å². The number of hydrogen-bond donors (Lipinski definition) is 0. The number of likely N-dealkylation sites (tertiary alicyclic amines) is 1. The Balaban J connectivity index is 1.34. The third kappa shape index (κ3) is 3.99. The third-order valence-electron chi connectivity index (χ3n) is 4.89. The van der Waals surface area contributed by atoms with Gasteiger partial charge >= 0.3 is 0 Å². The van der Waals surface area contributed by atoms with E-state index >= 15 is 0 Å².